The van der Waals surface area contributed by atoms with Gasteiger partial charge in [0.1, 0.15) is 30.3 Å². The molecule has 0 aliphatic carbocycles. The van der Waals surface area contributed by atoms with Crippen LogP contribution in [0.5, 0.6) is 11.5 Å². The lowest BCUT2D eigenvalue weighted by Gasteiger charge is -2.12. The Morgan fingerprint density at radius 3 is 2.43 bits per heavy atom. The number of aryl methyl sites for hydroxylation is 1. The highest BCUT2D eigenvalue weighted by Crippen LogP contribution is 2.21. The van der Waals surface area contributed by atoms with Crippen LogP contribution < -0.4 is 9.47 Å². The van der Waals surface area contributed by atoms with E-state index in [1.54, 1.807) is 36.4 Å². The average molecular weight is 314 g/mol. The van der Waals surface area contributed by atoms with Crippen LogP contribution in [-0.4, -0.2) is 32.6 Å². The molecule has 0 amide bonds. The van der Waals surface area contributed by atoms with E-state index in [4.69, 9.17) is 14.2 Å². The molecule has 0 aliphatic rings. The van der Waals surface area contributed by atoms with Crippen LogP contribution in [0.15, 0.2) is 42.5 Å². The van der Waals surface area contributed by atoms with E-state index in [2.05, 4.69) is 0 Å². The molecule has 2 aromatic carbocycles. The lowest BCUT2D eigenvalue weighted by atomic mass is 10.1. The number of ether oxygens (including phenoxy) is 3. The molecule has 2 rings (SSSR count). The number of hydrogen-bond donors (Lipinski definition) is 0. The number of rotatable bonds is 7. The summed E-state index contributed by atoms with van der Waals surface area (Å²) in [6.07, 6.45) is 0.742. The van der Waals surface area contributed by atoms with E-state index < -0.39 is 5.97 Å². The van der Waals surface area contributed by atoms with Crippen molar-refractivity contribution < 1.29 is 23.8 Å². The number of methoxy groups -OCH3 is 1. The molecule has 5 heteroatoms. The number of hydrogen-bond acceptors (Lipinski definition) is 5. The number of para-hydroxylation sites is 1. The highest BCUT2D eigenvalue weighted by Gasteiger charge is 2.13. The van der Waals surface area contributed by atoms with Crippen molar-refractivity contribution in [2.24, 2.45) is 0 Å². The predicted molar refractivity (Wildman–Crippen MR) is 85.3 cm³/mol. The normalized spacial score (nSPS) is 10.0. The zero-order valence-electron chi connectivity index (χ0n) is 13.1. The van der Waals surface area contributed by atoms with Crippen molar-refractivity contribution in [1.82, 2.24) is 0 Å². The number of esters is 1. The van der Waals surface area contributed by atoms with Gasteiger partial charge in [0.15, 0.2) is 6.29 Å². The first-order valence-electron chi connectivity index (χ1n) is 7.14. The van der Waals surface area contributed by atoms with Crippen LogP contribution in [0, 0.1) is 6.92 Å². The van der Waals surface area contributed by atoms with Crippen molar-refractivity contribution in [3.05, 3.63) is 59.2 Å². The SMILES string of the molecule is COC(=O)c1ccc(C)cc1OCCOc1ccccc1C=O. The van der Waals surface area contributed by atoms with Crippen LogP contribution in [0.1, 0.15) is 26.3 Å². The van der Waals surface area contributed by atoms with Crippen molar-refractivity contribution in [1.29, 1.82) is 0 Å². The van der Waals surface area contributed by atoms with E-state index >= 15 is 0 Å². The van der Waals surface area contributed by atoms with E-state index in [9.17, 15) is 9.59 Å². The molecule has 0 aliphatic heterocycles. The van der Waals surface area contributed by atoms with Crippen molar-refractivity contribution in [3.8, 4) is 11.5 Å². The van der Waals surface area contributed by atoms with E-state index in [1.807, 2.05) is 13.0 Å². The fourth-order valence-electron chi connectivity index (χ4n) is 2.04. The topological polar surface area (TPSA) is 61.8 Å². The fraction of sp³-hybridized carbons (Fsp3) is 0.222. The summed E-state index contributed by atoms with van der Waals surface area (Å²) < 4.78 is 15.9. The standard InChI is InChI=1S/C18H18O5/c1-13-7-8-15(18(20)21-2)17(11-13)23-10-9-22-16-6-4-3-5-14(16)12-19/h3-8,11-12H,9-10H2,1-2H3. The van der Waals surface area contributed by atoms with Gasteiger partial charge in [-0.2, -0.15) is 0 Å². The molecule has 0 N–H and O–H groups in total. The van der Waals surface area contributed by atoms with Gasteiger partial charge in [0, 0.05) is 0 Å². The van der Waals surface area contributed by atoms with Crippen molar-refractivity contribution in [3.63, 3.8) is 0 Å². The van der Waals surface area contributed by atoms with Crippen LogP contribution in [0.4, 0.5) is 0 Å². The molecule has 0 saturated carbocycles. The molecule has 0 bridgehead atoms. The molecule has 0 saturated heterocycles. The highest BCUT2D eigenvalue weighted by atomic mass is 16.5. The molecule has 0 atom stereocenters. The Labute approximate surface area is 134 Å². The maximum atomic E-state index is 11.7. The lowest BCUT2D eigenvalue weighted by Crippen LogP contribution is -2.12. The van der Waals surface area contributed by atoms with Gasteiger partial charge in [-0.3, -0.25) is 4.79 Å². The Morgan fingerprint density at radius 2 is 1.74 bits per heavy atom. The summed E-state index contributed by atoms with van der Waals surface area (Å²) in [5.41, 5.74) is 1.82. The van der Waals surface area contributed by atoms with E-state index in [0.29, 0.717) is 22.6 Å². The summed E-state index contributed by atoms with van der Waals surface area (Å²) in [7, 11) is 1.32. The summed E-state index contributed by atoms with van der Waals surface area (Å²) in [5, 5.41) is 0. The van der Waals surface area contributed by atoms with E-state index in [-0.39, 0.29) is 13.2 Å². The van der Waals surface area contributed by atoms with Crippen molar-refractivity contribution in [2.45, 2.75) is 6.92 Å². The molecule has 0 spiro atoms. The first kappa shape index (κ1) is 16.5. The van der Waals surface area contributed by atoms with Gasteiger partial charge in [0.25, 0.3) is 0 Å². The number of benzene rings is 2. The summed E-state index contributed by atoms with van der Waals surface area (Å²) >= 11 is 0. The van der Waals surface area contributed by atoms with Crippen molar-refractivity contribution >= 4 is 12.3 Å². The Bertz CT molecular complexity index is 694. The smallest absolute Gasteiger partial charge is 0.341 e. The first-order chi connectivity index (χ1) is 11.2. The Balaban J connectivity index is 1.97. The van der Waals surface area contributed by atoms with Crippen LogP contribution in [0.25, 0.3) is 0 Å². The second kappa shape index (κ2) is 7.98. The Kier molecular flexibility index (Phi) is 5.74. The summed E-state index contributed by atoms with van der Waals surface area (Å²) in [4.78, 5) is 22.6. The first-order valence-corrected chi connectivity index (χ1v) is 7.14. The highest BCUT2D eigenvalue weighted by molar-refractivity contribution is 5.92. The second-order valence-corrected chi connectivity index (χ2v) is 4.84. The number of carbonyl (C=O) groups is 2. The average Bonchev–Trinajstić information content (AvgIpc) is 2.58. The van der Waals surface area contributed by atoms with Gasteiger partial charge in [-0.25, -0.2) is 4.79 Å². The minimum Gasteiger partial charge on any atom is -0.489 e. The van der Waals surface area contributed by atoms with Gasteiger partial charge >= 0.3 is 5.97 Å². The largest absolute Gasteiger partial charge is 0.489 e. The molecule has 0 unspecified atom stereocenters. The molecule has 0 radical (unpaired) electrons. The molecule has 0 heterocycles. The van der Waals surface area contributed by atoms with Crippen LogP contribution in [0.3, 0.4) is 0 Å². The molecular formula is C18H18O5. The van der Waals surface area contributed by atoms with Crippen molar-refractivity contribution in [2.75, 3.05) is 20.3 Å². The monoisotopic (exact) mass is 314 g/mol. The number of aldehydes is 1. The maximum absolute atomic E-state index is 11.7. The second-order valence-electron chi connectivity index (χ2n) is 4.84. The summed E-state index contributed by atoms with van der Waals surface area (Å²) in [6, 6.07) is 12.2. The molecule has 0 fully saturated rings. The zero-order chi connectivity index (χ0) is 16.7. The Morgan fingerprint density at radius 1 is 1.04 bits per heavy atom. The van der Waals surface area contributed by atoms with Gasteiger partial charge in [0.2, 0.25) is 0 Å². The molecule has 23 heavy (non-hydrogen) atoms. The van der Waals surface area contributed by atoms with Gasteiger partial charge < -0.3 is 14.2 Å². The van der Waals surface area contributed by atoms with Gasteiger partial charge in [-0.1, -0.05) is 18.2 Å². The van der Waals surface area contributed by atoms with Crippen LogP contribution >= 0.6 is 0 Å². The maximum Gasteiger partial charge on any atom is 0.341 e. The van der Waals surface area contributed by atoms with Crippen LogP contribution in [0.2, 0.25) is 0 Å². The zero-order valence-corrected chi connectivity index (χ0v) is 13.1. The summed E-state index contributed by atoms with van der Waals surface area (Å²) in [5.74, 6) is 0.500. The molecule has 0 aromatic heterocycles. The van der Waals surface area contributed by atoms with E-state index in [1.165, 1.54) is 7.11 Å². The fourth-order valence-corrected chi connectivity index (χ4v) is 2.04. The van der Waals surface area contributed by atoms with E-state index in [0.717, 1.165) is 11.8 Å². The molecule has 120 valence electrons. The van der Waals surface area contributed by atoms with Gasteiger partial charge in [0.05, 0.1) is 12.7 Å². The van der Waals surface area contributed by atoms with Gasteiger partial charge in [-0.15, -0.1) is 0 Å². The minimum absolute atomic E-state index is 0.237. The lowest BCUT2D eigenvalue weighted by molar-refractivity contribution is 0.0595. The summed E-state index contributed by atoms with van der Waals surface area (Å²) in [6.45, 7) is 2.39. The number of carbonyl (C=O) groups excluding carboxylic acids is 2. The molecular weight excluding hydrogens is 296 g/mol. The van der Waals surface area contributed by atoms with Gasteiger partial charge in [-0.05, 0) is 36.8 Å². The molecule has 5 nitrogen and oxygen atoms in total. The predicted octanol–water partition coefficient (Wildman–Crippen LogP) is 3.05. The third-order valence-corrected chi connectivity index (χ3v) is 3.19. The third-order valence-electron chi connectivity index (χ3n) is 3.19. The Hall–Kier alpha value is -2.82. The third kappa shape index (κ3) is 4.32. The molecule has 2 aromatic rings. The quantitative estimate of drug-likeness (QED) is 0.446. The minimum atomic E-state index is -0.452. The van der Waals surface area contributed by atoms with Crippen LogP contribution in [-0.2, 0) is 4.74 Å².